The number of aromatic nitrogens is 2. The number of pyridine rings is 1. The van der Waals surface area contributed by atoms with E-state index in [4.69, 9.17) is 9.26 Å². The molecule has 1 fully saturated rings. The number of hydrogen-bond acceptors (Lipinski definition) is 5. The molecular formula is C16H15N3O3. The largest absolute Gasteiger partial charge is 0.479 e. The van der Waals surface area contributed by atoms with Crippen LogP contribution < -0.4 is 10.1 Å². The second kappa shape index (κ2) is 6.76. The molecule has 2 aromatic rings. The van der Waals surface area contributed by atoms with E-state index in [1.807, 2.05) is 0 Å². The van der Waals surface area contributed by atoms with Crippen LogP contribution in [0.5, 0.6) is 5.75 Å². The van der Waals surface area contributed by atoms with Gasteiger partial charge in [0.15, 0.2) is 5.69 Å². The van der Waals surface area contributed by atoms with E-state index in [1.54, 1.807) is 30.6 Å². The SMILES string of the molecule is O=C(NCC#CCOc1cccnc1)c1cc(C2CC2)on1. The van der Waals surface area contributed by atoms with Crippen molar-refractivity contribution >= 4 is 5.91 Å². The summed E-state index contributed by atoms with van der Waals surface area (Å²) in [4.78, 5) is 15.7. The molecule has 22 heavy (non-hydrogen) atoms. The first kappa shape index (κ1) is 14.1. The topological polar surface area (TPSA) is 77.2 Å². The molecular weight excluding hydrogens is 282 g/mol. The normalized spacial score (nSPS) is 13.1. The highest BCUT2D eigenvalue weighted by atomic mass is 16.5. The van der Waals surface area contributed by atoms with Crippen molar-refractivity contribution in [2.45, 2.75) is 18.8 Å². The van der Waals surface area contributed by atoms with E-state index in [0.717, 1.165) is 18.6 Å². The summed E-state index contributed by atoms with van der Waals surface area (Å²) in [7, 11) is 0. The molecule has 0 radical (unpaired) electrons. The van der Waals surface area contributed by atoms with Crippen LogP contribution in [0.25, 0.3) is 0 Å². The Hall–Kier alpha value is -2.81. The molecule has 3 rings (SSSR count). The second-order valence-electron chi connectivity index (χ2n) is 4.90. The van der Waals surface area contributed by atoms with Gasteiger partial charge in [-0.1, -0.05) is 17.0 Å². The van der Waals surface area contributed by atoms with E-state index < -0.39 is 0 Å². The lowest BCUT2D eigenvalue weighted by molar-refractivity contribution is 0.0949. The number of carbonyl (C=O) groups excluding carboxylic acids is 1. The van der Waals surface area contributed by atoms with Crippen molar-refractivity contribution in [3.8, 4) is 17.6 Å². The summed E-state index contributed by atoms with van der Waals surface area (Å²) in [6.07, 6.45) is 5.51. The van der Waals surface area contributed by atoms with Crippen LogP contribution in [0, 0.1) is 11.8 Å². The average Bonchev–Trinajstić information content (AvgIpc) is 3.28. The second-order valence-corrected chi connectivity index (χ2v) is 4.90. The molecule has 1 aliphatic carbocycles. The Morgan fingerprint density at radius 3 is 3.14 bits per heavy atom. The van der Waals surface area contributed by atoms with Crippen molar-refractivity contribution in [1.82, 2.24) is 15.5 Å². The highest BCUT2D eigenvalue weighted by Crippen LogP contribution is 2.40. The van der Waals surface area contributed by atoms with E-state index in [1.165, 1.54) is 0 Å². The maximum Gasteiger partial charge on any atom is 0.274 e. The molecule has 6 heteroatoms. The van der Waals surface area contributed by atoms with Crippen molar-refractivity contribution in [1.29, 1.82) is 0 Å². The van der Waals surface area contributed by atoms with E-state index in [2.05, 4.69) is 27.3 Å². The number of ether oxygens (including phenoxy) is 1. The van der Waals surface area contributed by atoms with Gasteiger partial charge in [0, 0.05) is 18.2 Å². The van der Waals surface area contributed by atoms with Crippen LogP contribution >= 0.6 is 0 Å². The van der Waals surface area contributed by atoms with Crippen molar-refractivity contribution in [3.63, 3.8) is 0 Å². The predicted octanol–water partition coefficient (Wildman–Crippen LogP) is 1.76. The Labute approximate surface area is 127 Å². The summed E-state index contributed by atoms with van der Waals surface area (Å²) in [5.41, 5.74) is 0.301. The molecule has 0 bridgehead atoms. The number of rotatable bonds is 5. The van der Waals surface area contributed by atoms with Gasteiger partial charge in [-0.05, 0) is 25.0 Å². The molecule has 0 atom stereocenters. The fourth-order valence-corrected chi connectivity index (χ4v) is 1.84. The lowest BCUT2D eigenvalue weighted by atomic mass is 10.3. The van der Waals surface area contributed by atoms with Gasteiger partial charge in [0.25, 0.3) is 5.91 Å². The molecule has 1 aliphatic rings. The number of nitrogens with zero attached hydrogens (tertiary/aromatic N) is 2. The van der Waals surface area contributed by atoms with Gasteiger partial charge in [-0.3, -0.25) is 9.78 Å². The quantitative estimate of drug-likeness (QED) is 0.851. The Kier molecular flexibility index (Phi) is 4.35. The fraction of sp³-hybridized carbons (Fsp3) is 0.312. The molecule has 112 valence electrons. The lowest BCUT2D eigenvalue weighted by Gasteiger charge is -1.99. The fourth-order valence-electron chi connectivity index (χ4n) is 1.84. The Morgan fingerprint density at radius 2 is 2.36 bits per heavy atom. The third-order valence-corrected chi connectivity index (χ3v) is 3.15. The molecule has 0 saturated heterocycles. The third kappa shape index (κ3) is 3.85. The lowest BCUT2D eigenvalue weighted by Crippen LogP contribution is -2.23. The van der Waals surface area contributed by atoms with Crippen molar-refractivity contribution in [2.75, 3.05) is 13.2 Å². The Morgan fingerprint density at radius 1 is 1.45 bits per heavy atom. The zero-order chi connectivity index (χ0) is 15.2. The number of hydrogen-bond donors (Lipinski definition) is 1. The average molecular weight is 297 g/mol. The van der Waals surface area contributed by atoms with Gasteiger partial charge in [0.1, 0.15) is 18.1 Å². The molecule has 2 heterocycles. The van der Waals surface area contributed by atoms with Gasteiger partial charge >= 0.3 is 0 Å². The van der Waals surface area contributed by atoms with E-state index >= 15 is 0 Å². The predicted molar refractivity (Wildman–Crippen MR) is 78.3 cm³/mol. The van der Waals surface area contributed by atoms with E-state index in [-0.39, 0.29) is 19.1 Å². The summed E-state index contributed by atoms with van der Waals surface area (Å²) in [5, 5.41) is 6.43. The van der Waals surface area contributed by atoms with Gasteiger partial charge in [0.2, 0.25) is 0 Å². The number of amides is 1. The first-order chi connectivity index (χ1) is 10.8. The van der Waals surface area contributed by atoms with Gasteiger partial charge in [-0.25, -0.2) is 0 Å². The standard InChI is InChI=1S/C16H15N3O3/c20-16(14-10-15(22-19-14)12-5-6-12)18-8-1-2-9-21-13-4-3-7-17-11-13/h3-4,7,10-12H,5-6,8-9H2,(H,18,20). The van der Waals surface area contributed by atoms with Crippen LogP contribution in [0.4, 0.5) is 0 Å². The Bertz CT molecular complexity index is 696. The highest BCUT2D eigenvalue weighted by Gasteiger charge is 2.28. The first-order valence-corrected chi connectivity index (χ1v) is 7.06. The van der Waals surface area contributed by atoms with Crippen molar-refractivity contribution in [2.24, 2.45) is 0 Å². The Balaban J connectivity index is 1.39. The molecule has 6 nitrogen and oxygen atoms in total. The monoisotopic (exact) mass is 297 g/mol. The minimum absolute atomic E-state index is 0.237. The molecule has 2 aromatic heterocycles. The molecule has 0 aromatic carbocycles. The summed E-state index contributed by atoms with van der Waals surface area (Å²) in [5.74, 6) is 7.25. The van der Waals surface area contributed by atoms with Crippen LogP contribution in [0.1, 0.15) is 35.0 Å². The van der Waals surface area contributed by atoms with Crippen molar-refractivity contribution in [3.05, 3.63) is 42.0 Å². The first-order valence-electron chi connectivity index (χ1n) is 7.06. The molecule has 1 amide bonds. The minimum Gasteiger partial charge on any atom is -0.479 e. The zero-order valence-corrected chi connectivity index (χ0v) is 11.9. The summed E-state index contributed by atoms with van der Waals surface area (Å²) in [6.45, 7) is 0.484. The van der Waals surface area contributed by atoms with Crippen LogP contribution in [-0.4, -0.2) is 29.2 Å². The van der Waals surface area contributed by atoms with Crippen LogP contribution in [-0.2, 0) is 0 Å². The van der Waals surface area contributed by atoms with Gasteiger partial charge in [0.05, 0.1) is 12.7 Å². The van der Waals surface area contributed by atoms with Crippen molar-refractivity contribution < 1.29 is 14.1 Å². The summed E-state index contributed by atoms with van der Waals surface area (Å²) < 4.78 is 10.5. The van der Waals surface area contributed by atoms with Gasteiger partial charge in [-0.2, -0.15) is 0 Å². The smallest absolute Gasteiger partial charge is 0.274 e. The molecule has 0 spiro atoms. The molecule has 1 saturated carbocycles. The minimum atomic E-state index is -0.280. The summed E-state index contributed by atoms with van der Waals surface area (Å²) in [6, 6.07) is 5.29. The van der Waals surface area contributed by atoms with Gasteiger partial charge in [-0.15, -0.1) is 0 Å². The third-order valence-electron chi connectivity index (χ3n) is 3.15. The molecule has 0 aliphatic heterocycles. The van der Waals surface area contributed by atoms with E-state index in [0.29, 0.717) is 17.4 Å². The highest BCUT2D eigenvalue weighted by molar-refractivity contribution is 5.92. The number of nitrogens with one attached hydrogen (secondary N) is 1. The van der Waals surface area contributed by atoms with E-state index in [9.17, 15) is 4.79 Å². The summed E-state index contributed by atoms with van der Waals surface area (Å²) >= 11 is 0. The van der Waals surface area contributed by atoms with Crippen LogP contribution in [0.3, 0.4) is 0 Å². The maximum absolute atomic E-state index is 11.8. The van der Waals surface area contributed by atoms with Gasteiger partial charge < -0.3 is 14.6 Å². The maximum atomic E-state index is 11.8. The molecule has 1 N–H and O–H groups in total. The molecule has 0 unspecified atom stereocenters. The number of carbonyl (C=O) groups is 1. The van der Waals surface area contributed by atoms with Crippen LogP contribution in [0.2, 0.25) is 0 Å². The van der Waals surface area contributed by atoms with Crippen LogP contribution in [0.15, 0.2) is 35.1 Å². The zero-order valence-electron chi connectivity index (χ0n) is 11.9.